The summed E-state index contributed by atoms with van der Waals surface area (Å²) < 4.78 is 4.78. The molecule has 0 aromatic heterocycles. The van der Waals surface area contributed by atoms with Gasteiger partial charge in [0.25, 0.3) is 0 Å². The number of hydrogen-bond acceptors (Lipinski definition) is 3. The summed E-state index contributed by atoms with van der Waals surface area (Å²) in [4.78, 5) is 23.0. The van der Waals surface area contributed by atoms with Gasteiger partial charge in [-0.1, -0.05) is 30.3 Å². The molecule has 0 unspecified atom stereocenters. The highest BCUT2D eigenvalue weighted by Gasteiger charge is 2.16. The Morgan fingerprint density at radius 1 is 1.22 bits per heavy atom. The van der Waals surface area contributed by atoms with E-state index < -0.39 is 11.8 Å². The number of carbonyl (C=O) groups excluding carboxylic acids is 2. The fourth-order valence-electron chi connectivity index (χ4n) is 1.43. The zero-order valence-corrected chi connectivity index (χ0v) is 10.6. The van der Waals surface area contributed by atoms with Gasteiger partial charge in [0.1, 0.15) is 0 Å². The van der Waals surface area contributed by atoms with Crippen molar-refractivity contribution in [3.05, 3.63) is 35.9 Å². The van der Waals surface area contributed by atoms with Crippen LogP contribution in [0, 0.1) is 0 Å². The van der Waals surface area contributed by atoms with Crippen molar-refractivity contribution >= 4 is 11.8 Å². The summed E-state index contributed by atoms with van der Waals surface area (Å²) in [6, 6.07) is 9.26. The molecular weight excluding hydrogens is 232 g/mol. The maximum absolute atomic E-state index is 11.6. The second kappa shape index (κ2) is 7.45. The highest BCUT2D eigenvalue weighted by atomic mass is 16.5. The third-order valence-corrected chi connectivity index (χ3v) is 2.45. The first-order chi connectivity index (χ1) is 8.65. The van der Waals surface area contributed by atoms with Crippen molar-refractivity contribution < 1.29 is 14.3 Å². The molecule has 0 radical (unpaired) electrons. The fraction of sp³-hybridized carbons (Fsp3) is 0.385. The van der Waals surface area contributed by atoms with Gasteiger partial charge < -0.3 is 15.4 Å². The van der Waals surface area contributed by atoms with Gasteiger partial charge in [0.05, 0.1) is 12.6 Å². The smallest absolute Gasteiger partial charge is 0.309 e. The first-order valence-corrected chi connectivity index (χ1v) is 5.77. The third kappa shape index (κ3) is 4.55. The van der Waals surface area contributed by atoms with E-state index in [0.717, 1.165) is 5.56 Å². The number of benzene rings is 1. The molecule has 1 aromatic carbocycles. The number of ether oxygens (including phenoxy) is 1. The first kappa shape index (κ1) is 14.2. The molecule has 18 heavy (non-hydrogen) atoms. The molecule has 0 heterocycles. The molecule has 0 aliphatic rings. The second-order valence-electron chi connectivity index (χ2n) is 3.85. The van der Waals surface area contributed by atoms with Crippen molar-refractivity contribution in [1.29, 1.82) is 0 Å². The van der Waals surface area contributed by atoms with E-state index in [9.17, 15) is 9.59 Å². The summed E-state index contributed by atoms with van der Waals surface area (Å²) >= 11 is 0. The van der Waals surface area contributed by atoms with E-state index in [1.54, 1.807) is 0 Å². The number of carbonyl (C=O) groups is 2. The van der Waals surface area contributed by atoms with Crippen molar-refractivity contribution in [2.24, 2.45) is 0 Å². The zero-order valence-electron chi connectivity index (χ0n) is 10.6. The van der Waals surface area contributed by atoms with Gasteiger partial charge in [0, 0.05) is 13.7 Å². The van der Waals surface area contributed by atoms with Crippen LogP contribution in [0.25, 0.3) is 0 Å². The average Bonchev–Trinajstić information content (AvgIpc) is 2.39. The minimum absolute atomic E-state index is 0.202. The minimum atomic E-state index is -0.644. The van der Waals surface area contributed by atoms with E-state index in [0.29, 0.717) is 13.2 Å². The number of methoxy groups -OCH3 is 1. The molecule has 0 spiro atoms. The summed E-state index contributed by atoms with van der Waals surface area (Å²) in [7, 11) is 1.53. The lowest BCUT2D eigenvalue weighted by molar-refractivity contribution is -0.139. The van der Waals surface area contributed by atoms with E-state index in [2.05, 4.69) is 10.6 Å². The van der Waals surface area contributed by atoms with Crippen LogP contribution in [0.5, 0.6) is 0 Å². The summed E-state index contributed by atoms with van der Waals surface area (Å²) in [5.74, 6) is -1.28. The molecule has 0 saturated carbocycles. The summed E-state index contributed by atoms with van der Waals surface area (Å²) in [6.07, 6.45) is 0. The van der Waals surface area contributed by atoms with E-state index in [1.807, 2.05) is 37.3 Å². The molecule has 0 bridgehead atoms. The lowest BCUT2D eigenvalue weighted by Crippen LogP contribution is -2.41. The number of hydrogen-bond donors (Lipinski definition) is 2. The maximum Gasteiger partial charge on any atom is 0.309 e. The predicted molar refractivity (Wildman–Crippen MR) is 67.9 cm³/mol. The van der Waals surface area contributed by atoms with E-state index in [-0.39, 0.29) is 6.04 Å². The Balaban J connectivity index is 2.42. The van der Waals surface area contributed by atoms with Gasteiger partial charge in [0.2, 0.25) is 0 Å². The highest BCUT2D eigenvalue weighted by Crippen LogP contribution is 2.10. The lowest BCUT2D eigenvalue weighted by atomic mass is 10.1. The van der Waals surface area contributed by atoms with Gasteiger partial charge in [-0.15, -0.1) is 0 Å². The SMILES string of the molecule is COCCNC(=O)C(=O)N[C@@H](C)c1ccccc1. The van der Waals surface area contributed by atoms with Gasteiger partial charge >= 0.3 is 11.8 Å². The van der Waals surface area contributed by atoms with Crippen LogP contribution in [-0.4, -0.2) is 32.1 Å². The Hall–Kier alpha value is -1.88. The Morgan fingerprint density at radius 2 is 1.89 bits per heavy atom. The maximum atomic E-state index is 11.6. The van der Waals surface area contributed by atoms with Crippen molar-refractivity contribution in [3.8, 4) is 0 Å². The molecule has 0 aliphatic carbocycles. The topological polar surface area (TPSA) is 67.4 Å². The Morgan fingerprint density at radius 3 is 2.50 bits per heavy atom. The van der Waals surface area contributed by atoms with Crippen LogP contribution < -0.4 is 10.6 Å². The summed E-state index contributed by atoms with van der Waals surface area (Å²) in [6.45, 7) is 2.53. The number of amides is 2. The highest BCUT2D eigenvalue weighted by molar-refractivity contribution is 6.35. The molecule has 1 atom stereocenters. The van der Waals surface area contributed by atoms with E-state index >= 15 is 0 Å². The molecule has 1 rings (SSSR count). The van der Waals surface area contributed by atoms with E-state index in [4.69, 9.17) is 4.74 Å². The monoisotopic (exact) mass is 250 g/mol. The minimum Gasteiger partial charge on any atom is -0.383 e. The van der Waals surface area contributed by atoms with E-state index in [1.165, 1.54) is 7.11 Å². The molecule has 1 aromatic rings. The second-order valence-corrected chi connectivity index (χ2v) is 3.85. The average molecular weight is 250 g/mol. The predicted octanol–water partition coefficient (Wildman–Crippen LogP) is 0.626. The molecule has 98 valence electrons. The van der Waals surface area contributed by atoms with Crippen LogP contribution in [0.4, 0.5) is 0 Å². The quantitative estimate of drug-likeness (QED) is 0.595. The van der Waals surface area contributed by atoms with Crippen molar-refractivity contribution in [3.63, 3.8) is 0 Å². The molecular formula is C13H18N2O3. The third-order valence-electron chi connectivity index (χ3n) is 2.45. The van der Waals surface area contributed by atoms with Crippen LogP contribution >= 0.6 is 0 Å². The molecule has 0 saturated heterocycles. The van der Waals surface area contributed by atoms with Gasteiger partial charge in [-0.05, 0) is 12.5 Å². The molecule has 5 heteroatoms. The Kier molecular flexibility index (Phi) is 5.87. The largest absolute Gasteiger partial charge is 0.383 e. The van der Waals surface area contributed by atoms with Crippen LogP contribution in [0.3, 0.4) is 0 Å². The van der Waals surface area contributed by atoms with Gasteiger partial charge in [-0.3, -0.25) is 9.59 Å². The van der Waals surface area contributed by atoms with Crippen molar-refractivity contribution in [2.45, 2.75) is 13.0 Å². The van der Waals surface area contributed by atoms with Crippen molar-refractivity contribution in [1.82, 2.24) is 10.6 Å². The number of nitrogens with one attached hydrogen (secondary N) is 2. The molecule has 2 amide bonds. The fourth-order valence-corrected chi connectivity index (χ4v) is 1.43. The molecule has 0 fully saturated rings. The molecule has 5 nitrogen and oxygen atoms in total. The van der Waals surface area contributed by atoms with Gasteiger partial charge in [0.15, 0.2) is 0 Å². The zero-order chi connectivity index (χ0) is 13.4. The molecule has 0 aliphatic heterocycles. The van der Waals surface area contributed by atoms with Crippen molar-refractivity contribution in [2.75, 3.05) is 20.3 Å². The number of rotatable bonds is 5. The Labute approximate surface area is 107 Å². The van der Waals surface area contributed by atoms with Gasteiger partial charge in [-0.25, -0.2) is 0 Å². The van der Waals surface area contributed by atoms with Crippen LogP contribution in [0.15, 0.2) is 30.3 Å². The normalized spacial score (nSPS) is 11.7. The van der Waals surface area contributed by atoms with Crippen LogP contribution in [0.2, 0.25) is 0 Å². The standard InChI is InChI=1S/C13H18N2O3/c1-10(11-6-4-3-5-7-11)15-13(17)12(16)14-8-9-18-2/h3-7,10H,8-9H2,1-2H3,(H,14,16)(H,15,17)/t10-/m0/s1. The van der Waals surface area contributed by atoms with Gasteiger partial charge in [-0.2, -0.15) is 0 Å². The summed E-state index contributed by atoms with van der Waals surface area (Å²) in [5, 5.41) is 5.10. The molecule has 2 N–H and O–H groups in total. The first-order valence-electron chi connectivity index (χ1n) is 5.77. The summed E-state index contributed by atoms with van der Waals surface area (Å²) in [5.41, 5.74) is 0.954. The van der Waals surface area contributed by atoms with Crippen LogP contribution in [-0.2, 0) is 14.3 Å². The Bertz CT molecular complexity index is 392. The van der Waals surface area contributed by atoms with Crippen LogP contribution in [0.1, 0.15) is 18.5 Å². The lowest BCUT2D eigenvalue weighted by Gasteiger charge is -2.13.